The van der Waals surface area contributed by atoms with Gasteiger partial charge in [0, 0.05) is 26.3 Å². The lowest BCUT2D eigenvalue weighted by Crippen LogP contribution is -2.43. The van der Waals surface area contributed by atoms with Crippen molar-refractivity contribution in [2.24, 2.45) is 5.73 Å². The highest BCUT2D eigenvalue weighted by molar-refractivity contribution is 5.78. The molecular formula is C25H45N3O5. The van der Waals surface area contributed by atoms with Gasteiger partial charge in [-0.3, -0.25) is 4.79 Å². The largest absolute Gasteiger partial charge is 0.444 e. The third-order valence-electron chi connectivity index (χ3n) is 4.31. The van der Waals surface area contributed by atoms with Crippen molar-refractivity contribution in [3.63, 3.8) is 0 Å². The Morgan fingerprint density at radius 1 is 1.06 bits per heavy atom. The monoisotopic (exact) mass is 467 g/mol. The molecule has 8 nitrogen and oxygen atoms in total. The molecule has 0 spiro atoms. The Morgan fingerprint density at radius 3 is 2.15 bits per heavy atom. The molecule has 190 valence electrons. The van der Waals surface area contributed by atoms with Crippen LogP contribution in [0.3, 0.4) is 0 Å². The second-order valence-electron chi connectivity index (χ2n) is 8.40. The molecule has 0 saturated carbocycles. The maximum atomic E-state index is 12.0. The predicted octanol–water partition coefficient (Wildman–Crippen LogP) is 3.73. The number of hydrogen-bond donors (Lipinski definition) is 2. The summed E-state index contributed by atoms with van der Waals surface area (Å²) in [7, 11) is 0. The second-order valence-corrected chi connectivity index (χ2v) is 8.40. The molecule has 8 heteroatoms. The number of nitrogens with zero attached hydrogens (tertiary/aromatic N) is 1. The van der Waals surface area contributed by atoms with Gasteiger partial charge in [0.15, 0.2) is 6.29 Å². The number of nitrogens with one attached hydrogen (secondary N) is 1. The van der Waals surface area contributed by atoms with Gasteiger partial charge >= 0.3 is 6.09 Å². The van der Waals surface area contributed by atoms with Gasteiger partial charge in [-0.25, -0.2) is 4.79 Å². The standard InChI is InChI=1S/C16H26N2O3.C9H19NO2/c1-3-20-16(21-4-2)13-18(15(19)12-17)11-10-14-8-6-5-7-9-14;1-5-6-7-10-8(11)12-9(2,3)4/h5-9,16H,3-4,10-13,17H2,1-2H3;5-7H2,1-4H3,(H,10,11). The summed E-state index contributed by atoms with van der Waals surface area (Å²) in [5.41, 5.74) is 6.29. The zero-order valence-electron chi connectivity index (χ0n) is 21.4. The quantitative estimate of drug-likeness (QED) is 0.338. The lowest BCUT2D eigenvalue weighted by Gasteiger charge is -2.27. The minimum atomic E-state index is -0.397. The molecule has 0 radical (unpaired) electrons. The van der Waals surface area contributed by atoms with E-state index in [-0.39, 0.29) is 18.5 Å². The molecule has 0 bridgehead atoms. The van der Waals surface area contributed by atoms with E-state index >= 15 is 0 Å². The Bertz CT molecular complexity index is 629. The van der Waals surface area contributed by atoms with Crippen molar-refractivity contribution >= 4 is 12.0 Å². The number of nitrogens with two attached hydrogens (primary N) is 1. The van der Waals surface area contributed by atoms with E-state index in [9.17, 15) is 9.59 Å². The summed E-state index contributed by atoms with van der Waals surface area (Å²) in [6.45, 7) is 14.3. The van der Waals surface area contributed by atoms with Gasteiger partial charge in [-0.2, -0.15) is 0 Å². The second kappa shape index (κ2) is 18.3. The maximum Gasteiger partial charge on any atom is 0.407 e. The molecule has 0 aliphatic heterocycles. The number of alkyl carbamates (subject to hydrolysis) is 1. The van der Waals surface area contributed by atoms with Crippen LogP contribution in [0.4, 0.5) is 4.79 Å². The van der Waals surface area contributed by atoms with Gasteiger partial charge in [0.05, 0.1) is 13.1 Å². The van der Waals surface area contributed by atoms with Crippen LogP contribution in [-0.2, 0) is 25.4 Å². The van der Waals surface area contributed by atoms with Gasteiger partial charge in [0.2, 0.25) is 5.91 Å². The van der Waals surface area contributed by atoms with Crippen LogP contribution in [0.25, 0.3) is 0 Å². The summed E-state index contributed by atoms with van der Waals surface area (Å²) in [6.07, 6.45) is 2.15. The molecule has 2 amide bonds. The van der Waals surface area contributed by atoms with Gasteiger partial charge in [0.1, 0.15) is 5.60 Å². The Labute approximate surface area is 200 Å². The number of carbonyl (C=O) groups is 2. The van der Waals surface area contributed by atoms with E-state index in [0.717, 1.165) is 19.3 Å². The molecule has 0 fully saturated rings. The van der Waals surface area contributed by atoms with Crippen LogP contribution in [-0.4, -0.2) is 68.2 Å². The zero-order valence-corrected chi connectivity index (χ0v) is 21.4. The number of amides is 2. The van der Waals surface area contributed by atoms with Crippen LogP contribution >= 0.6 is 0 Å². The number of carbonyl (C=O) groups excluding carboxylic acids is 2. The Morgan fingerprint density at radius 2 is 1.67 bits per heavy atom. The molecule has 0 aromatic heterocycles. The fraction of sp³-hybridized carbons (Fsp3) is 0.680. The Kier molecular flexibility index (Phi) is 17.1. The van der Waals surface area contributed by atoms with Crippen LogP contribution in [0.15, 0.2) is 30.3 Å². The van der Waals surface area contributed by atoms with Crippen LogP contribution in [0.5, 0.6) is 0 Å². The first-order valence-electron chi connectivity index (χ1n) is 11.9. The van der Waals surface area contributed by atoms with E-state index in [4.69, 9.17) is 19.9 Å². The van der Waals surface area contributed by atoms with Gasteiger partial charge in [-0.05, 0) is 53.0 Å². The van der Waals surface area contributed by atoms with Crippen molar-refractivity contribution in [1.82, 2.24) is 10.2 Å². The van der Waals surface area contributed by atoms with Crippen molar-refractivity contribution < 1.29 is 23.8 Å². The summed E-state index contributed by atoms with van der Waals surface area (Å²) in [6, 6.07) is 10.1. The van der Waals surface area contributed by atoms with Crippen LogP contribution in [0.2, 0.25) is 0 Å². The predicted molar refractivity (Wildman–Crippen MR) is 132 cm³/mol. The number of hydrogen-bond acceptors (Lipinski definition) is 6. The minimum Gasteiger partial charge on any atom is -0.444 e. The van der Waals surface area contributed by atoms with E-state index in [1.54, 1.807) is 4.90 Å². The highest BCUT2D eigenvalue weighted by Gasteiger charge is 2.18. The van der Waals surface area contributed by atoms with Gasteiger partial charge in [-0.1, -0.05) is 43.7 Å². The van der Waals surface area contributed by atoms with E-state index in [1.165, 1.54) is 5.56 Å². The Hall–Kier alpha value is -2.16. The summed E-state index contributed by atoms with van der Waals surface area (Å²) in [5, 5.41) is 2.68. The SMILES string of the molecule is CCCCNC(=O)OC(C)(C)C.CCOC(CN(CCc1ccccc1)C(=O)CN)OCC. The van der Waals surface area contributed by atoms with E-state index < -0.39 is 11.9 Å². The normalized spacial score (nSPS) is 10.9. The average molecular weight is 468 g/mol. The molecule has 0 atom stereocenters. The van der Waals surface area contributed by atoms with E-state index in [0.29, 0.717) is 32.8 Å². The van der Waals surface area contributed by atoms with Crippen molar-refractivity contribution in [3.05, 3.63) is 35.9 Å². The van der Waals surface area contributed by atoms with Crippen molar-refractivity contribution in [2.75, 3.05) is 39.4 Å². The smallest absolute Gasteiger partial charge is 0.407 e. The zero-order chi connectivity index (χ0) is 25.1. The Balaban J connectivity index is 0.000000728. The number of rotatable bonds is 13. The molecular weight excluding hydrogens is 422 g/mol. The third kappa shape index (κ3) is 17.0. The fourth-order valence-corrected chi connectivity index (χ4v) is 2.74. The van der Waals surface area contributed by atoms with Crippen molar-refractivity contribution in [1.29, 1.82) is 0 Å². The first kappa shape index (κ1) is 30.8. The van der Waals surface area contributed by atoms with E-state index in [1.807, 2.05) is 65.0 Å². The molecule has 0 unspecified atom stereocenters. The van der Waals surface area contributed by atoms with Crippen LogP contribution in [0, 0.1) is 0 Å². The minimum absolute atomic E-state index is 0.000238. The molecule has 3 N–H and O–H groups in total. The average Bonchev–Trinajstić information content (AvgIpc) is 2.76. The molecule has 0 heterocycles. The summed E-state index contributed by atoms with van der Waals surface area (Å²) in [4.78, 5) is 24.7. The van der Waals surface area contributed by atoms with Crippen LogP contribution < -0.4 is 11.1 Å². The molecule has 1 aromatic carbocycles. The van der Waals surface area contributed by atoms with Gasteiger partial charge in [0.25, 0.3) is 0 Å². The summed E-state index contributed by atoms with van der Waals surface area (Å²) in [5.74, 6) is -0.0877. The molecule has 1 rings (SSSR count). The first-order valence-corrected chi connectivity index (χ1v) is 11.9. The molecule has 0 saturated heterocycles. The number of unbranched alkanes of at least 4 members (excludes halogenated alkanes) is 1. The molecule has 33 heavy (non-hydrogen) atoms. The molecule has 0 aliphatic carbocycles. The molecule has 0 aliphatic rings. The van der Waals surface area contributed by atoms with Crippen molar-refractivity contribution in [3.8, 4) is 0 Å². The van der Waals surface area contributed by atoms with Gasteiger partial charge < -0.3 is 30.2 Å². The number of benzene rings is 1. The lowest BCUT2D eigenvalue weighted by molar-refractivity contribution is -0.158. The number of ether oxygens (including phenoxy) is 3. The topological polar surface area (TPSA) is 103 Å². The summed E-state index contributed by atoms with van der Waals surface area (Å²) < 4.78 is 16.0. The van der Waals surface area contributed by atoms with Crippen molar-refractivity contribution in [2.45, 2.75) is 72.7 Å². The lowest BCUT2D eigenvalue weighted by atomic mass is 10.1. The maximum absolute atomic E-state index is 12.0. The third-order valence-corrected chi connectivity index (χ3v) is 4.31. The first-order chi connectivity index (χ1) is 15.7. The highest BCUT2D eigenvalue weighted by atomic mass is 16.7. The van der Waals surface area contributed by atoms with Gasteiger partial charge in [-0.15, -0.1) is 0 Å². The van der Waals surface area contributed by atoms with E-state index in [2.05, 4.69) is 12.2 Å². The highest BCUT2D eigenvalue weighted by Crippen LogP contribution is 2.06. The molecule has 1 aromatic rings. The van der Waals surface area contributed by atoms with Crippen LogP contribution in [0.1, 0.15) is 59.9 Å². The summed E-state index contributed by atoms with van der Waals surface area (Å²) >= 11 is 0. The fourth-order valence-electron chi connectivity index (χ4n) is 2.74.